The highest BCUT2D eigenvalue weighted by Gasteiger charge is 2.04. The van der Waals surface area contributed by atoms with Gasteiger partial charge in [0.25, 0.3) is 0 Å². The van der Waals surface area contributed by atoms with Crippen molar-refractivity contribution in [3.63, 3.8) is 0 Å². The van der Waals surface area contributed by atoms with Crippen LogP contribution in [0.3, 0.4) is 0 Å². The number of hydrogen-bond acceptors (Lipinski definition) is 2. The number of anilines is 1. The average molecular weight is 414 g/mol. The Morgan fingerprint density at radius 3 is 2.35 bits per heavy atom. The van der Waals surface area contributed by atoms with Crippen molar-refractivity contribution < 1.29 is 0 Å². The van der Waals surface area contributed by atoms with Crippen LogP contribution in [0.5, 0.6) is 0 Å². The number of nitrogens with zero attached hydrogens (tertiary/aromatic N) is 1. The van der Waals surface area contributed by atoms with Gasteiger partial charge in [-0.15, -0.1) is 0 Å². The lowest BCUT2D eigenvalue weighted by molar-refractivity contribution is 1.01. The first kappa shape index (κ1) is 16.0. The van der Waals surface area contributed by atoms with Gasteiger partial charge in [0.15, 0.2) is 0 Å². The molecule has 2 aromatic carbocycles. The van der Waals surface area contributed by atoms with Crippen molar-refractivity contribution in [3.8, 4) is 0 Å². The molecule has 3 aromatic rings. The molecule has 3 heteroatoms. The van der Waals surface area contributed by atoms with E-state index < -0.39 is 0 Å². The number of pyridine rings is 1. The maximum absolute atomic E-state index is 4.65. The molecule has 0 saturated heterocycles. The van der Waals surface area contributed by atoms with E-state index in [9.17, 15) is 0 Å². The predicted molar refractivity (Wildman–Crippen MR) is 105 cm³/mol. The molecule has 0 amide bonds. The molecule has 0 atom stereocenters. The molecule has 1 heterocycles. The highest BCUT2D eigenvalue weighted by atomic mass is 127. The Morgan fingerprint density at radius 2 is 1.52 bits per heavy atom. The van der Waals surface area contributed by atoms with Gasteiger partial charge in [-0.1, -0.05) is 77.2 Å². The van der Waals surface area contributed by atoms with Crippen molar-refractivity contribution in [1.82, 2.24) is 4.98 Å². The summed E-state index contributed by atoms with van der Waals surface area (Å²) in [6.07, 6.45) is 0.936. The Hall–Kier alpha value is -1.88. The van der Waals surface area contributed by atoms with Gasteiger partial charge >= 0.3 is 0 Å². The summed E-state index contributed by atoms with van der Waals surface area (Å²) in [6, 6.07) is 25.3. The zero-order valence-corrected chi connectivity index (χ0v) is 15.0. The third-order valence-electron chi connectivity index (χ3n) is 3.72. The van der Waals surface area contributed by atoms with E-state index in [0.717, 1.165) is 28.8 Å². The van der Waals surface area contributed by atoms with Gasteiger partial charge < -0.3 is 5.32 Å². The standard InChI is InChI=1S/C20H19IN2/c21-14-18-10-6-11-19(23-18)15-22-20-12-5-4-9-17(20)13-16-7-2-1-3-8-16/h1-12,22H,13-15H2. The number of nitrogens with one attached hydrogen (secondary N) is 1. The molecule has 0 unspecified atom stereocenters. The first-order chi connectivity index (χ1) is 11.3. The van der Waals surface area contributed by atoms with Gasteiger partial charge in [-0.05, 0) is 35.7 Å². The Balaban J connectivity index is 1.72. The molecule has 23 heavy (non-hydrogen) atoms. The summed E-state index contributed by atoms with van der Waals surface area (Å²) in [4.78, 5) is 4.65. The summed E-state index contributed by atoms with van der Waals surface area (Å²) in [7, 11) is 0. The first-order valence-electron chi connectivity index (χ1n) is 7.71. The zero-order chi connectivity index (χ0) is 15.9. The van der Waals surface area contributed by atoms with Crippen molar-refractivity contribution >= 4 is 28.3 Å². The number of aromatic nitrogens is 1. The second-order valence-corrected chi connectivity index (χ2v) is 6.19. The van der Waals surface area contributed by atoms with Crippen LogP contribution < -0.4 is 5.32 Å². The predicted octanol–water partition coefficient (Wildman–Crippen LogP) is 5.22. The van der Waals surface area contributed by atoms with Crippen molar-refractivity contribution in [3.05, 3.63) is 95.3 Å². The molecule has 0 fully saturated rings. The minimum atomic E-state index is 0.746. The lowest BCUT2D eigenvalue weighted by atomic mass is 10.0. The summed E-state index contributed by atoms with van der Waals surface area (Å²) in [5, 5.41) is 3.54. The summed E-state index contributed by atoms with van der Waals surface area (Å²) in [5.74, 6) is 0. The van der Waals surface area contributed by atoms with Crippen molar-refractivity contribution in [2.45, 2.75) is 17.4 Å². The normalized spacial score (nSPS) is 10.5. The van der Waals surface area contributed by atoms with Crippen molar-refractivity contribution in [2.24, 2.45) is 0 Å². The van der Waals surface area contributed by atoms with E-state index in [1.165, 1.54) is 16.8 Å². The Morgan fingerprint density at radius 1 is 0.783 bits per heavy atom. The van der Waals surface area contributed by atoms with Crippen LogP contribution >= 0.6 is 22.6 Å². The van der Waals surface area contributed by atoms with Gasteiger partial charge in [0.2, 0.25) is 0 Å². The summed E-state index contributed by atoms with van der Waals surface area (Å²) in [6.45, 7) is 0.746. The van der Waals surface area contributed by atoms with Crippen LogP contribution in [0.4, 0.5) is 5.69 Å². The van der Waals surface area contributed by atoms with Crippen LogP contribution in [0.1, 0.15) is 22.5 Å². The number of halogens is 1. The fraction of sp³-hybridized carbons (Fsp3) is 0.150. The van der Waals surface area contributed by atoms with E-state index in [2.05, 4.69) is 106 Å². The van der Waals surface area contributed by atoms with E-state index in [0.29, 0.717) is 0 Å². The highest BCUT2D eigenvalue weighted by Crippen LogP contribution is 2.19. The molecule has 116 valence electrons. The molecule has 0 saturated carbocycles. The maximum Gasteiger partial charge on any atom is 0.0598 e. The first-order valence-corrected chi connectivity index (χ1v) is 9.24. The van der Waals surface area contributed by atoms with Gasteiger partial charge in [0.05, 0.1) is 17.9 Å². The van der Waals surface area contributed by atoms with Crippen LogP contribution in [0.2, 0.25) is 0 Å². The molecular weight excluding hydrogens is 395 g/mol. The zero-order valence-electron chi connectivity index (χ0n) is 12.9. The van der Waals surface area contributed by atoms with Gasteiger partial charge in [-0.25, -0.2) is 0 Å². The van der Waals surface area contributed by atoms with E-state index in [4.69, 9.17) is 0 Å². The second-order valence-electron chi connectivity index (χ2n) is 5.43. The minimum Gasteiger partial charge on any atom is -0.379 e. The van der Waals surface area contributed by atoms with Crippen LogP contribution in [0.15, 0.2) is 72.8 Å². The molecule has 0 aliphatic rings. The Kier molecular flexibility index (Phi) is 5.64. The molecule has 0 spiro atoms. The quantitative estimate of drug-likeness (QED) is 0.442. The third kappa shape index (κ3) is 4.55. The molecule has 0 bridgehead atoms. The molecule has 0 radical (unpaired) electrons. The molecule has 3 rings (SSSR count). The van der Waals surface area contributed by atoms with E-state index in [1.807, 2.05) is 0 Å². The highest BCUT2D eigenvalue weighted by molar-refractivity contribution is 14.1. The Bertz CT molecular complexity index is 756. The van der Waals surface area contributed by atoms with Crippen molar-refractivity contribution in [2.75, 3.05) is 5.32 Å². The average Bonchev–Trinajstić information content (AvgIpc) is 2.62. The summed E-state index contributed by atoms with van der Waals surface area (Å²) in [5.41, 5.74) is 6.02. The fourth-order valence-electron chi connectivity index (χ4n) is 2.55. The lowest BCUT2D eigenvalue weighted by Crippen LogP contribution is -2.05. The van der Waals surface area contributed by atoms with E-state index in [1.54, 1.807) is 0 Å². The lowest BCUT2D eigenvalue weighted by Gasteiger charge is -2.12. The molecule has 2 nitrogen and oxygen atoms in total. The molecule has 1 aromatic heterocycles. The number of hydrogen-bond donors (Lipinski definition) is 1. The Labute approximate surface area is 151 Å². The van der Waals surface area contributed by atoms with Crippen LogP contribution in [-0.4, -0.2) is 4.98 Å². The number of para-hydroxylation sites is 1. The van der Waals surface area contributed by atoms with Crippen LogP contribution in [-0.2, 0) is 17.4 Å². The van der Waals surface area contributed by atoms with Gasteiger partial charge in [-0.2, -0.15) is 0 Å². The monoisotopic (exact) mass is 414 g/mol. The number of alkyl halides is 1. The molecule has 1 N–H and O–H groups in total. The van der Waals surface area contributed by atoms with Gasteiger partial charge in [0, 0.05) is 10.1 Å². The third-order valence-corrected chi connectivity index (χ3v) is 4.50. The van der Waals surface area contributed by atoms with Crippen molar-refractivity contribution in [1.29, 1.82) is 0 Å². The van der Waals surface area contributed by atoms with Crippen LogP contribution in [0, 0.1) is 0 Å². The summed E-state index contributed by atoms with van der Waals surface area (Å²) >= 11 is 2.34. The molecule has 0 aliphatic heterocycles. The summed E-state index contributed by atoms with van der Waals surface area (Å²) < 4.78 is 0.941. The number of benzene rings is 2. The molecular formula is C20H19IN2. The topological polar surface area (TPSA) is 24.9 Å². The van der Waals surface area contributed by atoms with E-state index in [-0.39, 0.29) is 0 Å². The van der Waals surface area contributed by atoms with Crippen LogP contribution in [0.25, 0.3) is 0 Å². The smallest absolute Gasteiger partial charge is 0.0598 e. The largest absolute Gasteiger partial charge is 0.379 e. The SMILES string of the molecule is ICc1cccc(CNc2ccccc2Cc2ccccc2)n1. The fourth-order valence-corrected chi connectivity index (χ4v) is 2.98. The minimum absolute atomic E-state index is 0.746. The molecule has 0 aliphatic carbocycles. The van der Waals surface area contributed by atoms with E-state index >= 15 is 0 Å². The maximum atomic E-state index is 4.65. The number of rotatable bonds is 6. The second kappa shape index (κ2) is 8.11. The van der Waals surface area contributed by atoms with Gasteiger partial charge in [-0.3, -0.25) is 4.98 Å². The van der Waals surface area contributed by atoms with Gasteiger partial charge in [0.1, 0.15) is 0 Å².